The zero-order chi connectivity index (χ0) is 24.4. The average molecular weight is 489 g/mol. The first-order valence-electron chi connectivity index (χ1n) is 11.9. The van der Waals surface area contributed by atoms with Crippen molar-refractivity contribution in [2.45, 2.75) is 31.7 Å². The largest absolute Gasteiger partial charge is 0.339 e. The number of benzene rings is 1. The summed E-state index contributed by atoms with van der Waals surface area (Å²) in [6, 6.07) is 16.6. The highest BCUT2D eigenvalue weighted by Crippen LogP contribution is 2.41. The van der Waals surface area contributed by atoms with Crippen molar-refractivity contribution in [1.82, 2.24) is 20.1 Å². The van der Waals surface area contributed by atoms with Crippen molar-refractivity contribution in [3.8, 4) is 0 Å². The molecule has 3 aromatic rings. The third kappa shape index (κ3) is 4.23. The molecule has 8 heteroatoms. The fraction of sp³-hybridized carbons (Fsp3) is 0.333. The molecule has 0 bridgehead atoms. The second-order valence-corrected chi connectivity index (χ2v) is 10.2. The highest BCUT2D eigenvalue weighted by molar-refractivity contribution is 7.09. The number of thiophene rings is 1. The second kappa shape index (κ2) is 9.62. The lowest BCUT2D eigenvalue weighted by Gasteiger charge is -2.40. The number of likely N-dealkylation sites (tertiary alicyclic amines) is 1. The van der Waals surface area contributed by atoms with Crippen LogP contribution in [0.4, 0.5) is 4.79 Å². The molecule has 2 aliphatic heterocycles. The van der Waals surface area contributed by atoms with Crippen LogP contribution < -0.4 is 5.32 Å². The molecule has 35 heavy (non-hydrogen) atoms. The van der Waals surface area contributed by atoms with E-state index in [1.807, 2.05) is 65.7 Å². The summed E-state index contributed by atoms with van der Waals surface area (Å²) in [5.74, 6) is -0.407. The van der Waals surface area contributed by atoms with Gasteiger partial charge in [-0.3, -0.25) is 19.5 Å². The van der Waals surface area contributed by atoms with Crippen molar-refractivity contribution < 1.29 is 14.4 Å². The van der Waals surface area contributed by atoms with Crippen molar-refractivity contribution in [2.24, 2.45) is 5.92 Å². The first-order valence-corrected chi connectivity index (χ1v) is 12.8. The highest BCUT2D eigenvalue weighted by atomic mass is 32.1. The molecule has 180 valence electrons. The molecule has 2 fully saturated rings. The number of carbonyl (C=O) groups excluding carboxylic acids is 3. The van der Waals surface area contributed by atoms with Gasteiger partial charge in [-0.1, -0.05) is 30.3 Å². The van der Waals surface area contributed by atoms with Crippen LogP contribution >= 0.6 is 11.3 Å². The van der Waals surface area contributed by atoms with E-state index in [1.54, 1.807) is 23.6 Å². The Labute approximate surface area is 208 Å². The van der Waals surface area contributed by atoms with Gasteiger partial charge in [0.25, 0.3) is 11.8 Å². The van der Waals surface area contributed by atoms with E-state index < -0.39 is 5.54 Å². The van der Waals surface area contributed by atoms with Crippen LogP contribution in [-0.4, -0.2) is 52.3 Å². The van der Waals surface area contributed by atoms with Gasteiger partial charge in [-0.05, 0) is 61.4 Å². The molecular weight excluding hydrogens is 460 g/mol. The summed E-state index contributed by atoms with van der Waals surface area (Å²) in [6.45, 7) is 3.30. The maximum Gasteiger partial charge on any atom is 0.325 e. The van der Waals surface area contributed by atoms with Crippen molar-refractivity contribution in [3.05, 3.63) is 87.9 Å². The number of nitrogens with zero attached hydrogens (tertiary/aromatic N) is 3. The fourth-order valence-corrected chi connectivity index (χ4v) is 5.93. The van der Waals surface area contributed by atoms with Crippen LogP contribution in [0, 0.1) is 12.8 Å². The van der Waals surface area contributed by atoms with E-state index in [0.717, 1.165) is 10.4 Å². The predicted octanol–water partition coefficient (Wildman–Crippen LogP) is 3.99. The van der Waals surface area contributed by atoms with Crippen LogP contribution in [0.2, 0.25) is 0 Å². The Morgan fingerprint density at radius 3 is 2.54 bits per heavy atom. The van der Waals surface area contributed by atoms with Gasteiger partial charge in [-0.2, -0.15) is 0 Å². The maximum absolute atomic E-state index is 13.9. The zero-order valence-electron chi connectivity index (χ0n) is 19.6. The monoisotopic (exact) mass is 488 g/mol. The predicted molar refractivity (Wildman–Crippen MR) is 134 cm³/mol. The van der Waals surface area contributed by atoms with Crippen molar-refractivity contribution in [2.75, 3.05) is 19.6 Å². The number of rotatable bonds is 6. The summed E-state index contributed by atoms with van der Waals surface area (Å²) in [4.78, 5) is 48.9. The Hall–Kier alpha value is -3.52. The number of hydrogen-bond acceptors (Lipinski definition) is 5. The Kier molecular flexibility index (Phi) is 6.38. The Morgan fingerprint density at radius 2 is 1.86 bits per heavy atom. The summed E-state index contributed by atoms with van der Waals surface area (Å²) in [5.41, 5.74) is 0.992. The molecule has 0 aliphatic carbocycles. The standard InChI is InChI=1S/C27H28N4O3S/c1-19-7-2-3-9-22(19)24(32)30-15-11-20(12-16-30)27(23-10-4-5-14-28-23)25(33)31(26(34)29-27)17-13-21-8-6-18-35-21/h2-10,14,18,20H,11-13,15-17H2,1H3,(H,29,34). The lowest BCUT2D eigenvalue weighted by molar-refractivity contribution is -0.134. The van der Waals surface area contributed by atoms with Crippen LogP contribution in [0.25, 0.3) is 0 Å². The van der Waals surface area contributed by atoms with Gasteiger partial charge in [0.05, 0.1) is 5.69 Å². The Morgan fingerprint density at radius 1 is 1.09 bits per heavy atom. The Balaban J connectivity index is 1.38. The number of imide groups is 1. The van der Waals surface area contributed by atoms with Crippen molar-refractivity contribution in [3.63, 3.8) is 0 Å². The first-order chi connectivity index (χ1) is 17.0. The number of nitrogens with one attached hydrogen (secondary N) is 1. The Bertz CT molecular complexity index is 1220. The second-order valence-electron chi connectivity index (χ2n) is 9.12. The molecule has 0 spiro atoms. The zero-order valence-corrected chi connectivity index (χ0v) is 20.5. The van der Waals surface area contributed by atoms with Crippen molar-refractivity contribution in [1.29, 1.82) is 0 Å². The van der Waals surface area contributed by atoms with Crippen LogP contribution in [0.5, 0.6) is 0 Å². The lowest BCUT2D eigenvalue weighted by atomic mass is 9.75. The summed E-state index contributed by atoms with van der Waals surface area (Å²) < 4.78 is 0. The van der Waals surface area contributed by atoms with Gasteiger partial charge >= 0.3 is 6.03 Å². The summed E-state index contributed by atoms with van der Waals surface area (Å²) >= 11 is 1.62. The molecule has 2 aliphatic rings. The molecule has 5 rings (SSSR count). The topological polar surface area (TPSA) is 82.6 Å². The minimum atomic E-state index is -1.22. The molecular formula is C27H28N4O3S. The summed E-state index contributed by atoms with van der Waals surface area (Å²) in [5, 5.41) is 5.03. The molecule has 4 amide bonds. The molecule has 1 aromatic carbocycles. The molecule has 4 heterocycles. The highest BCUT2D eigenvalue weighted by Gasteiger charge is 2.58. The van der Waals surface area contributed by atoms with Crippen LogP contribution in [0.1, 0.15) is 39.3 Å². The normalized spacial score (nSPS) is 20.8. The minimum Gasteiger partial charge on any atom is -0.339 e. The number of piperidine rings is 1. The third-order valence-electron chi connectivity index (χ3n) is 7.13. The number of carbonyl (C=O) groups is 3. The number of pyridine rings is 1. The maximum atomic E-state index is 13.9. The van der Waals surface area contributed by atoms with Crippen LogP contribution in [0.15, 0.2) is 66.2 Å². The number of hydrogen-bond donors (Lipinski definition) is 1. The van der Waals surface area contributed by atoms with E-state index in [2.05, 4.69) is 10.3 Å². The first kappa shape index (κ1) is 23.2. The van der Waals surface area contributed by atoms with Gasteiger partial charge in [0.2, 0.25) is 0 Å². The van der Waals surface area contributed by atoms with Gasteiger partial charge in [-0.25, -0.2) is 4.79 Å². The lowest BCUT2D eigenvalue weighted by Crippen LogP contribution is -2.54. The van der Waals surface area contributed by atoms with Gasteiger partial charge in [-0.15, -0.1) is 11.3 Å². The van der Waals surface area contributed by atoms with Gasteiger partial charge < -0.3 is 10.2 Å². The molecule has 7 nitrogen and oxygen atoms in total. The molecule has 0 radical (unpaired) electrons. The fourth-order valence-electron chi connectivity index (χ4n) is 5.23. The molecule has 1 N–H and O–H groups in total. The number of aromatic nitrogens is 1. The molecule has 2 saturated heterocycles. The summed E-state index contributed by atoms with van der Waals surface area (Å²) in [6.07, 6.45) is 3.47. The van der Waals surface area contributed by atoms with Gasteiger partial charge in [0.1, 0.15) is 0 Å². The average Bonchev–Trinajstić information content (AvgIpc) is 3.50. The third-order valence-corrected chi connectivity index (χ3v) is 8.07. The number of amides is 4. The van der Waals surface area contributed by atoms with Gasteiger partial charge in [0.15, 0.2) is 5.54 Å². The number of urea groups is 1. The number of aryl methyl sites for hydroxylation is 1. The van der Waals surface area contributed by atoms with E-state index in [4.69, 9.17) is 0 Å². The molecule has 1 unspecified atom stereocenters. The summed E-state index contributed by atoms with van der Waals surface area (Å²) in [7, 11) is 0. The van der Waals surface area contributed by atoms with Gasteiger partial charge in [0, 0.05) is 42.2 Å². The van der Waals surface area contributed by atoms with E-state index in [-0.39, 0.29) is 23.8 Å². The molecule has 1 atom stereocenters. The minimum absolute atomic E-state index is 0.00722. The van der Waals surface area contributed by atoms with Crippen LogP contribution in [-0.2, 0) is 16.8 Å². The molecule has 0 saturated carbocycles. The van der Waals surface area contributed by atoms with E-state index in [9.17, 15) is 14.4 Å². The SMILES string of the molecule is Cc1ccccc1C(=O)N1CCC(C2(c3ccccn3)NC(=O)N(CCc3cccs3)C2=O)CC1. The van der Waals surface area contributed by atoms with E-state index >= 15 is 0 Å². The van der Waals surface area contributed by atoms with Crippen molar-refractivity contribution >= 4 is 29.2 Å². The van der Waals surface area contributed by atoms with E-state index in [0.29, 0.717) is 50.2 Å². The smallest absolute Gasteiger partial charge is 0.325 e. The quantitative estimate of drug-likeness (QED) is 0.532. The molecule has 2 aromatic heterocycles. The van der Waals surface area contributed by atoms with E-state index in [1.165, 1.54) is 4.90 Å². The van der Waals surface area contributed by atoms with Crippen LogP contribution in [0.3, 0.4) is 0 Å².